The first-order chi connectivity index (χ1) is 16.5. The molecule has 1 aliphatic rings. The maximum atomic E-state index is 14.7. The highest BCUT2D eigenvalue weighted by Crippen LogP contribution is 2.34. The molecule has 0 aliphatic carbocycles. The molecule has 0 aromatic heterocycles. The molecule has 8 heteroatoms. The average molecular weight is 493 g/mol. The molecule has 0 N–H and O–H groups in total. The summed E-state index contributed by atoms with van der Waals surface area (Å²) in [7, 11) is 0. The van der Waals surface area contributed by atoms with Gasteiger partial charge in [-0.15, -0.1) is 0 Å². The number of hydrogen-bond donors (Lipinski definition) is 0. The van der Waals surface area contributed by atoms with Crippen LogP contribution in [0.3, 0.4) is 0 Å². The molecule has 0 amide bonds. The fraction of sp³-hybridized carbons (Fsp3) is 0.370. The van der Waals surface area contributed by atoms with E-state index >= 15 is 0 Å². The molecule has 2 unspecified atom stereocenters. The topological polar surface area (TPSA) is 44.8 Å². The Labute approximate surface area is 202 Å². The van der Waals surface area contributed by atoms with E-state index in [0.717, 1.165) is 18.2 Å². The van der Waals surface area contributed by atoms with E-state index in [0.29, 0.717) is 0 Å². The van der Waals surface area contributed by atoms with Crippen molar-refractivity contribution in [2.45, 2.75) is 57.8 Å². The first-order valence-corrected chi connectivity index (χ1v) is 11.2. The minimum absolute atomic E-state index is 0.0157. The van der Waals surface area contributed by atoms with Gasteiger partial charge in [0.2, 0.25) is 0 Å². The highest BCUT2D eigenvalue weighted by Gasteiger charge is 2.27. The van der Waals surface area contributed by atoms with Gasteiger partial charge < -0.3 is 14.2 Å². The van der Waals surface area contributed by atoms with Crippen molar-refractivity contribution in [3.63, 3.8) is 0 Å². The van der Waals surface area contributed by atoms with E-state index in [2.05, 4.69) is 0 Å². The summed E-state index contributed by atoms with van der Waals surface area (Å²) < 4.78 is 74.1. The summed E-state index contributed by atoms with van der Waals surface area (Å²) in [5, 5.41) is 0. The predicted molar refractivity (Wildman–Crippen MR) is 124 cm³/mol. The molecule has 1 saturated heterocycles. The lowest BCUT2D eigenvalue weighted by Gasteiger charge is -2.29. The number of allylic oxidation sites excluding steroid dienone is 2. The van der Waals surface area contributed by atoms with Gasteiger partial charge >= 0.3 is 5.97 Å². The first kappa shape index (κ1) is 26.6. The Bertz CT molecular complexity index is 1040. The van der Waals surface area contributed by atoms with Gasteiger partial charge in [-0.05, 0) is 32.9 Å². The van der Waals surface area contributed by atoms with Gasteiger partial charge in [0.05, 0.1) is 18.6 Å². The van der Waals surface area contributed by atoms with E-state index in [9.17, 15) is 22.4 Å². The zero-order valence-electron chi connectivity index (χ0n) is 19.8. The van der Waals surface area contributed by atoms with Crippen LogP contribution < -0.4 is 0 Å². The molecular weight excluding hydrogens is 464 g/mol. The van der Waals surface area contributed by atoms with Crippen molar-refractivity contribution in [2.75, 3.05) is 6.79 Å². The Morgan fingerprint density at radius 1 is 1.03 bits per heavy atom. The summed E-state index contributed by atoms with van der Waals surface area (Å²) in [6.45, 7) is 5.12. The molecule has 0 radical (unpaired) electrons. The second kappa shape index (κ2) is 11.6. The van der Waals surface area contributed by atoms with Gasteiger partial charge in [-0.1, -0.05) is 48.6 Å². The number of ether oxygens (including phenoxy) is 3. The third-order valence-electron chi connectivity index (χ3n) is 5.20. The lowest BCUT2D eigenvalue weighted by atomic mass is 9.91. The average Bonchev–Trinajstić information content (AvgIpc) is 2.77. The minimum Gasteiger partial charge on any atom is -0.460 e. The molecule has 188 valence electrons. The predicted octanol–water partition coefficient (Wildman–Crippen LogP) is 6.45. The van der Waals surface area contributed by atoms with E-state index in [-0.39, 0.29) is 36.3 Å². The fourth-order valence-electron chi connectivity index (χ4n) is 3.72. The number of alkyl halides is 2. The summed E-state index contributed by atoms with van der Waals surface area (Å²) in [5.41, 5.74) is -1.74. The van der Waals surface area contributed by atoms with E-state index in [1.807, 2.05) is 0 Å². The van der Waals surface area contributed by atoms with Crippen molar-refractivity contribution >= 4 is 11.5 Å². The van der Waals surface area contributed by atoms with Crippen molar-refractivity contribution in [1.29, 1.82) is 0 Å². The molecule has 4 nitrogen and oxygen atoms in total. The minimum atomic E-state index is -3.03. The number of carbonyl (C=O) groups is 1. The van der Waals surface area contributed by atoms with Crippen LogP contribution in [0, 0.1) is 11.6 Å². The first-order valence-electron chi connectivity index (χ1n) is 11.2. The van der Waals surface area contributed by atoms with E-state index in [1.165, 1.54) is 42.5 Å². The smallest absolute Gasteiger partial charge is 0.308 e. The molecule has 1 fully saturated rings. The van der Waals surface area contributed by atoms with Gasteiger partial charge in [-0.2, -0.15) is 0 Å². The second-order valence-electron chi connectivity index (χ2n) is 9.09. The number of rotatable bonds is 7. The monoisotopic (exact) mass is 492 g/mol. The van der Waals surface area contributed by atoms with Gasteiger partial charge in [-0.3, -0.25) is 4.79 Å². The van der Waals surface area contributed by atoms with Crippen molar-refractivity contribution in [3.8, 4) is 0 Å². The van der Waals surface area contributed by atoms with Crippen molar-refractivity contribution in [2.24, 2.45) is 0 Å². The van der Waals surface area contributed by atoms with Gasteiger partial charge in [0, 0.05) is 28.7 Å². The standard InChI is InChI=1S/C27H28F4O4/c1-27(2,3)35-24(32)15-18-14-17(33-16-34-18)12-13-21(26(30)31)25(19-8-4-6-10-22(19)28)20-9-5-7-11-23(20)29/h4-13,17-18,26H,14-16H2,1-3H3. The normalized spacial score (nSPS) is 18.6. The summed E-state index contributed by atoms with van der Waals surface area (Å²) in [6.07, 6.45) is -1.47. The largest absolute Gasteiger partial charge is 0.460 e. The number of halogens is 4. The Morgan fingerprint density at radius 2 is 1.60 bits per heavy atom. The number of carbonyl (C=O) groups excluding carboxylic acids is 1. The van der Waals surface area contributed by atoms with Crippen LogP contribution in [0.5, 0.6) is 0 Å². The zero-order chi connectivity index (χ0) is 25.6. The molecular formula is C27H28F4O4. The molecule has 3 rings (SSSR count). The number of hydrogen-bond acceptors (Lipinski definition) is 4. The summed E-state index contributed by atoms with van der Waals surface area (Å²) in [5.74, 6) is -1.95. The SMILES string of the molecule is CC(C)(C)OC(=O)CC1CC(C=CC(=C(c2ccccc2F)c2ccccc2F)C(F)F)OCO1. The number of benzene rings is 2. The van der Waals surface area contributed by atoms with Crippen LogP contribution in [0.1, 0.15) is 44.7 Å². The highest BCUT2D eigenvalue weighted by atomic mass is 19.3. The summed E-state index contributed by atoms with van der Waals surface area (Å²) >= 11 is 0. The van der Waals surface area contributed by atoms with Gasteiger partial charge in [0.1, 0.15) is 24.0 Å². The number of esters is 1. The van der Waals surface area contributed by atoms with Gasteiger partial charge in [0.25, 0.3) is 6.43 Å². The van der Waals surface area contributed by atoms with Gasteiger partial charge in [-0.25, -0.2) is 17.6 Å². The van der Waals surface area contributed by atoms with Crippen LogP contribution >= 0.6 is 0 Å². The van der Waals surface area contributed by atoms with Crippen molar-refractivity contribution in [3.05, 3.63) is 89.0 Å². The second-order valence-corrected chi connectivity index (χ2v) is 9.09. The molecule has 0 bridgehead atoms. The van der Waals surface area contributed by atoms with Gasteiger partial charge in [0.15, 0.2) is 0 Å². The Hall–Kier alpha value is -2.97. The van der Waals surface area contributed by atoms with Crippen LogP contribution in [0.15, 0.2) is 66.3 Å². The van der Waals surface area contributed by atoms with E-state index in [1.54, 1.807) is 20.8 Å². The van der Waals surface area contributed by atoms with Crippen LogP contribution in [-0.4, -0.2) is 37.0 Å². The van der Waals surface area contributed by atoms with Crippen LogP contribution in [0.2, 0.25) is 0 Å². The molecule has 0 spiro atoms. The molecule has 1 heterocycles. The Kier molecular flexibility index (Phi) is 8.86. The molecule has 2 aromatic rings. The molecule has 1 aliphatic heterocycles. The van der Waals surface area contributed by atoms with Crippen molar-refractivity contribution < 1.29 is 36.6 Å². The molecule has 35 heavy (non-hydrogen) atoms. The molecule has 2 atom stereocenters. The summed E-state index contributed by atoms with van der Waals surface area (Å²) in [4.78, 5) is 12.1. The van der Waals surface area contributed by atoms with Crippen molar-refractivity contribution in [1.82, 2.24) is 0 Å². The highest BCUT2D eigenvalue weighted by molar-refractivity contribution is 5.84. The third kappa shape index (κ3) is 7.50. The van der Waals surface area contributed by atoms with E-state index < -0.39 is 47.4 Å². The third-order valence-corrected chi connectivity index (χ3v) is 5.20. The fourth-order valence-corrected chi connectivity index (χ4v) is 3.72. The molecule has 2 aromatic carbocycles. The Balaban J connectivity index is 1.92. The van der Waals surface area contributed by atoms with Crippen LogP contribution in [0.4, 0.5) is 17.6 Å². The summed E-state index contributed by atoms with van der Waals surface area (Å²) in [6, 6.07) is 10.8. The Morgan fingerprint density at radius 3 is 2.11 bits per heavy atom. The van der Waals surface area contributed by atoms with E-state index in [4.69, 9.17) is 14.2 Å². The maximum Gasteiger partial charge on any atom is 0.308 e. The zero-order valence-corrected chi connectivity index (χ0v) is 19.8. The maximum absolute atomic E-state index is 14.7. The van der Waals surface area contributed by atoms with Crippen LogP contribution in [-0.2, 0) is 19.0 Å². The molecule has 0 saturated carbocycles. The quantitative estimate of drug-likeness (QED) is 0.253. The lowest BCUT2D eigenvalue weighted by molar-refractivity contribution is -0.179. The van der Waals surface area contributed by atoms with Crippen LogP contribution in [0.25, 0.3) is 5.57 Å². The lowest BCUT2D eigenvalue weighted by Crippen LogP contribution is -2.34.